The van der Waals surface area contributed by atoms with Gasteiger partial charge in [-0.2, -0.15) is 0 Å². The lowest BCUT2D eigenvalue weighted by Crippen LogP contribution is -2.49. The van der Waals surface area contributed by atoms with Gasteiger partial charge in [0, 0.05) is 43.3 Å². The third-order valence-corrected chi connectivity index (χ3v) is 5.54. The number of amides is 2. The Hall–Kier alpha value is -1.66. The van der Waals surface area contributed by atoms with Crippen LogP contribution in [0, 0.1) is 0 Å². The molecule has 3 rings (SSSR count). The van der Waals surface area contributed by atoms with E-state index in [1.54, 1.807) is 30.2 Å². The molecule has 144 valence electrons. The fourth-order valence-electron chi connectivity index (χ4n) is 3.02. The Morgan fingerprint density at radius 1 is 1.11 bits per heavy atom. The van der Waals surface area contributed by atoms with Gasteiger partial charge in [-0.25, -0.2) is 4.79 Å². The van der Waals surface area contributed by atoms with Crippen LogP contribution in [-0.2, 0) is 6.54 Å². The number of methoxy groups -OCH3 is 1. The second-order valence-electron chi connectivity index (χ2n) is 6.25. The molecule has 0 unspecified atom stereocenters. The summed E-state index contributed by atoms with van der Waals surface area (Å²) < 4.78 is 5.41. The van der Waals surface area contributed by atoms with Crippen LogP contribution in [0.3, 0.4) is 0 Å². The SMILES string of the molecule is COc1ccc(Cl)cc1CN1CCN(C(=O)Nc2cccc(Cl)c2Cl)CC1. The van der Waals surface area contributed by atoms with E-state index in [4.69, 9.17) is 39.5 Å². The smallest absolute Gasteiger partial charge is 0.321 e. The maximum absolute atomic E-state index is 12.5. The van der Waals surface area contributed by atoms with Crippen LogP contribution in [0.2, 0.25) is 15.1 Å². The summed E-state index contributed by atoms with van der Waals surface area (Å²) in [5.41, 5.74) is 1.55. The second kappa shape index (κ2) is 9.02. The Morgan fingerprint density at radius 3 is 2.56 bits per heavy atom. The molecule has 2 amide bonds. The number of carbonyl (C=O) groups excluding carboxylic acids is 1. The fraction of sp³-hybridized carbons (Fsp3) is 0.316. The van der Waals surface area contributed by atoms with Gasteiger partial charge in [-0.05, 0) is 30.3 Å². The molecule has 0 spiro atoms. The molecule has 5 nitrogen and oxygen atoms in total. The number of rotatable bonds is 4. The lowest BCUT2D eigenvalue weighted by Gasteiger charge is -2.35. The quantitative estimate of drug-likeness (QED) is 0.745. The van der Waals surface area contributed by atoms with Crippen LogP contribution in [-0.4, -0.2) is 49.1 Å². The first-order valence-electron chi connectivity index (χ1n) is 8.52. The normalized spacial score (nSPS) is 14.9. The molecular formula is C19H20Cl3N3O2. The van der Waals surface area contributed by atoms with Gasteiger partial charge in [-0.1, -0.05) is 40.9 Å². The second-order valence-corrected chi connectivity index (χ2v) is 7.47. The molecule has 0 radical (unpaired) electrons. The number of anilines is 1. The van der Waals surface area contributed by atoms with Gasteiger partial charge in [0.1, 0.15) is 5.75 Å². The van der Waals surface area contributed by atoms with Gasteiger partial charge in [0.25, 0.3) is 0 Å². The molecule has 0 aliphatic carbocycles. The lowest BCUT2D eigenvalue weighted by atomic mass is 10.1. The molecule has 1 fully saturated rings. The maximum atomic E-state index is 12.5. The summed E-state index contributed by atoms with van der Waals surface area (Å²) in [6.45, 7) is 3.47. The Bertz CT molecular complexity index is 824. The van der Waals surface area contributed by atoms with Crippen molar-refractivity contribution in [3.05, 3.63) is 57.0 Å². The fourth-order valence-corrected chi connectivity index (χ4v) is 3.56. The number of piperazine rings is 1. The molecule has 0 aromatic heterocycles. The van der Waals surface area contributed by atoms with Crippen LogP contribution < -0.4 is 10.1 Å². The minimum Gasteiger partial charge on any atom is -0.496 e. The number of hydrogen-bond acceptors (Lipinski definition) is 3. The summed E-state index contributed by atoms with van der Waals surface area (Å²) in [5, 5.41) is 4.27. The monoisotopic (exact) mass is 427 g/mol. The van der Waals surface area contributed by atoms with E-state index in [1.165, 1.54) is 0 Å². The zero-order valence-corrected chi connectivity index (χ0v) is 17.1. The highest BCUT2D eigenvalue weighted by Gasteiger charge is 2.22. The van der Waals surface area contributed by atoms with Gasteiger partial charge in [0.15, 0.2) is 0 Å². The van der Waals surface area contributed by atoms with Crippen molar-refractivity contribution in [1.29, 1.82) is 0 Å². The van der Waals surface area contributed by atoms with Crippen LogP contribution in [0.5, 0.6) is 5.75 Å². The summed E-state index contributed by atoms with van der Waals surface area (Å²) in [4.78, 5) is 16.5. The molecular weight excluding hydrogens is 409 g/mol. The van der Waals surface area contributed by atoms with Crippen molar-refractivity contribution in [1.82, 2.24) is 9.80 Å². The van der Waals surface area contributed by atoms with E-state index in [-0.39, 0.29) is 6.03 Å². The van der Waals surface area contributed by atoms with Crippen LogP contribution in [0.15, 0.2) is 36.4 Å². The highest BCUT2D eigenvalue weighted by atomic mass is 35.5. The molecule has 2 aromatic carbocycles. The van der Waals surface area contributed by atoms with Crippen molar-refractivity contribution in [2.45, 2.75) is 6.54 Å². The minimum absolute atomic E-state index is 0.181. The third-order valence-electron chi connectivity index (χ3n) is 4.49. The highest BCUT2D eigenvalue weighted by molar-refractivity contribution is 6.43. The molecule has 27 heavy (non-hydrogen) atoms. The van der Waals surface area contributed by atoms with Crippen LogP contribution in [0.4, 0.5) is 10.5 Å². The average Bonchev–Trinajstić information content (AvgIpc) is 2.66. The van der Waals surface area contributed by atoms with Gasteiger partial charge in [-0.15, -0.1) is 0 Å². The molecule has 8 heteroatoms. The van der Waals surface area contributed by atoms with Gasteiger partial charge >= 0.3 is 6.03 Å². The van der Waals surface area contributed by atoms with Crippen molar-refractivity contribution in [2.75, 3.05) is 38.6 Å². The van der Waals surface area contributed by atoms with Gasteiger partial charge in [-0.3, -0.25) is 4.90 Å². The number of ether oxygens (including phenoxy) is 1. The zero-order chi connectivity index (χ0) is 19.4. The first kappa shape index (κ1) is 20.1. The number of nitrogens with zero attached hydrogens (tertiary/aromatic N) is 2. The Morgan fingerprint density at radius 2 is 1.85 bits per heavy atom. The van der Waals surface area contributed by atoms with E-state index in [2.05, 4.69) is 10.2 Å². The summed E-state index contributed by atoms with van der Waals surface area (Å²) in [6, 6.07) is 10.6. The minimum atomic E-state index is -0.181. The van der Waals surface area contributed by atoms with Crippen LogP contribution in [0.1, 0.15) is 5.56 Å². The molecule has 1 saturated heterocycles. The Labute approximate surface area is 173 Å². The summed E-state index contributed by atoms with van der Waals surface area (Å²) in [7, 11) is 1.65. The number of urea groups is 1. The van der Waals surface area contributed by atoms with Crippen molar-refractivity contribution in [2.24, 2.45) is 0 Å². The summed E-state index contributed by atoms with van der Waals surface area (Å²) in [6.07, 6.45) is 0. The van der Waals surface area contributed by atoms with Gasteiger partial charge in [0.05, 0.1) is 22.8 Å². The van der Waals surface area contributed by atoms with E-state index in [0.29, 0.717) is 33.8 Å². The molecule has 1 aliphatic heterocycles. The lowest BCUT2D eigenvalue weighted by molar-refractivity contribution is 0.142. The number of carbonyl (C=O) groups is 1. The molecule has 0 saturated carbocycles. The Balaban J connectivity index is 1.56. The standard InChI is InChI=1S/C19H20Cl3N3O2/c1-27-17-6-5-14(20)11-13(17)12-24-7-9-25(10-8-24)19(26)23-16-4-2-3-15(21)18(16)22/h2-6,11H,7-10,12H2,1H3,(H,23,26). The zero-order valence-electron chi connectivity index (χ0n) is 14.8. The summed E-state index contributed by atoms with van der Waals surface area (Å²) in [5.74, 6) is 0.815. The van der Waals surface area contributed by atoms with Crippen LogP contribution >= 0.6 is 34.8 Å². The molecule has 1 N–H and O–H groups in total. The molecule has 1 heterocycles. The number of nitrogens with one attached hydrogen (secondary N) is 1. The first-order chi connectivity index (χ1) is 13.0. The molecule has 2 aromatic rings. The van der Waals surface area contributed by atoms with Crippen molar-refractivity contribution in [3.63, 3.8) is 0 Å². The van der Waals surface area contributed by atoms with Gasteiger partial charge < -0.3 is 15.0 Å². The van der Waals surface area contributed by atoms with E-state index in [0.717, 1.165) is 30.9 Å². The highest BCUT2D eigenvalue weighted by Crippen LogP contribution is 2.30. The maximum Gasteiger partial charge on any atom is 0.321 e. The van der Waals surface area contributed by atoms with Crippen molar-refractivity contribution >= 4 is 46.5 Å². The van der Waals surface area contributed by atoms with Crippen molar-refractivity contribution in [3.8, 4) is 5.75 Å². The predicted octanol–water partition coefficient (Wildman–Crippen LogP) is 5.01. The molecule has 1 aliphatic rings. The number of halogens is 3. The topological polar surface area (TPSA) is 44.8 Å². The van der Waals surface area contributed by atoms with Crippen LogP contribution in [0.25, 0.3) is 0 Å². The van der Waals surface area contributed by atoms with E-state index >= 15 is 0 Å². The molecule has 0 bridgehead atoms. The average molecular weight is 429 g/mol. The summed E-state index contributed by atoms with van der Waals surface area (Å²) >= 11 is 18.2. The third kappa shape index (κ3) is 4.99. The first-order valence-corrected chi connectivity index (χ1v) is 9.66. The van der Waals surface area contributed by atoms with E-state index in [9.17, 15) is 4.79 Å². The largest absolute Gasteiger partial charge is 0.496 e. The van der Waals surface area contributed by atoms with E-state index in [1.807, 2.05) is 18.2 Å². The number of hydrogen-bond donors (Lipinski definition) is 1. The Kier molecular flexibility index (Phi) is 6.71. The van der Waals surface area contributed by atoms with Gasteiger partial charge in [0.2, 0.25) is 0 Å². The number of benzene rings is 2. The van der Waals surface area contributed by atoms with E-state index < -0.39 is 0 Å². The van der Waals surface area contributed by atoms with Crippen molar-refractivity contribution < 1.29 is 9.53 Å². The predicted molar refractivity (Wildman–Crippen MR) is 110 cm³/mol. The molecule has 0 atom stereocenters.